The summed E-state index contributed by atoms with van der Waals surface area (Å²) in [4.78, 5) is 28.3. The molecule has 2 heterocycles. The van der Waals surface area contributed by atoms with Crippen molar-refractivity contribution in [3.8, 4) is 0 Å². The Morgan fingerprint density at radius 2 is 2.05 bits per heavy atom. The summed E-state index contributed by atoms with van der Waals surface area (Å²) in [5, 5.41) is 9.16. The lowest BCUT2D eigenvalue weighted by atomic mass is 10.0. The van der Waals surface area contributed by atoms with Crippen molar-refractivity contribution in [2.24, 2.45) is 7.05 Å². The minimum atomic E-state index is -0.137. The molecule has 0 aliphatic heterocycles. The number of amides is 1. The second-order valence-electron chi connectivity index (χ2n) is 5.45. The van der Waals surface area contributed by atoms with E-state index in [9.17, 15) is 9.59 Å². The molecule has 22 heavy (non-hydrogen) atoms. The highest BCUT2D eigenvalue weighted by atomic mass is 16.1. The number of hydrogen-bond acceptors (Lipinski definition) is 4. The van der Waals surface area contributed by atoms with Crippen LogP contribution in [-0.4, -0.2) is 40.8 Å². The standard InChI is InChI=1S/C15H23N5O2/c1-9-11(5-6-12(21)17-8-7-16-3)10(2)18-14-13(9)15(22)19-20(14)4/h16H,5-8H2,1-4H3,(H,17,21)(H,19,22). The van der Waals surface area contributed by atoms with Gasteiger partial charge in [-0.15, -0.1) is 0 Å². The highest BCUT2D eigenvalue weighted by molar-refractivity contribution is 5.81. The molecule has 3 N–H and O–H groups in total. The molecule has 7 nitrogen and oxygen atoms in total. The van der Waals surface area contributed by atoms with Gasteiger partial charge in [0.1, 0.15) is 0 Å². The molecular weight excluding hydrogens is 282 g/mol. The van der Waals surface area contributed by atoms with Crippen LogP contribution < -0.4 is 16.2 Å². The largest absolute Gasteiger partial charge is 0.355 e. The monoisotopic (exact) mass is 305 g/mol. The number of aromatic nitrogens is 3. The van der Waals surface area contributed by atoms with Gasteiger partial charge in [-0.1, -0.05) is 0 Å². The molecule has 0 bridgehead atoms. The molecular formula is C15H23N5O2. The van der Waals surface area contributed by atoms with Crippen molar-refractivity contribution in [2.75, 3.05) is 20.1 Å². The van der Waals surface area contributed by atoms with E-state index < -0.39 is 0 Å². The summed E-state index contributed by atoms with van der Waals surface area (Å²) in [6.45, 7) is 5.19. The van der Waals surface area contributed by atoms with Crippen LogP contribution in [0.1, 0.15) is 23.2 Å². The molecule has 0 aromatic carbocycles. The number of rotatable bonds is 6. The molecule has 120 valence electrons. The first-order valence-corrected chi connectivity index (χ1v) is 7.41. The molecule has 2 rings (SSSR count). The maximum atomic E-state index is 12.0. The van der Waals surface area contributed by atoms with E-state index in [0.717, 1.165) is 23.4 Å². The third-order valence-electron chi connectivity index (χ3n) is 3.87. The van der Waals surface area contributed by atoms with E-state index in [4.69, 9.17) is 0 Å². The van der Waals surface area contributed by atoms with Crippen molar-refractivity contribution in [1.29, 1.82) is 0 Å². The number of aryl methyl sites for hydroxylation is 3. The average molecular weight is 305 g/mol. The third kappa shape index (κ3) is 3.19. The Bertz CT molecular complexity index is 744. The Morgan fingerprint density at radius 3 is 2.73 bits per heavy atom. The highest BCUT2D eigenvalue weighted by Crippen LogP contribution is 2.20. The number of H-pyrrole nitrogens is 1. The molecule has 0 unspecified atom stereocenters. The molecule has 7 heteroatoms. The third-order valence-corrected chi connectivity index (χ3v) is 3.87. The number of carbonyl (C=O) groups is 1. The summed E-state index contributed by atoms with van der Waals surface area (Å²) in [6, 6.07) is 0. The minimum Gasteiger partial charge on any atom is -0.355 e. The van der Waals surface area contributed by atoms with Crippen LogP contribution in [0, 0.1) is 13.8 Å². The molecule has 1 amide bonds. The van der Waals surface area contributed by atoms with Gasteiger partial charge in [0.2, 0.25) is 5.91 Å². The molecule has 2 aromatic heterocycles. The van der Waals surface area contributed by atoms with Gasteiger partial charge in [-0.25, -0.2) is 4.98 Å². The van der Waals surface area contributed by atoms with Gasteiger partial charge in [-0.3, -0.25) is 19.4 Å². The molecule has 0 spiro atoms. The summed E-state index contributed by atoms with van der Waals surface area (Å²) in [6.07, 6.45) is 0.976. The van der Waals surface area contributed by atoms with Crippen molar-refractivity contribution in [2.45, 2.75) is 26.7 Å². The van der Waals surface area contributed by atoms with E-state index in [1.807, 2.05) is 20.9 Å². The summed E-state index contributed by atoms with van der Waals surface area (Å²) < 4.78 is 1.63. The van der Waals surface area contributed by atoms with Crippen LogP contribution in [0.3, 0.4) is 0 Å². The van der Waals surface area contributed by atoms with Crippen LogP contribution in [0.4, 0.5) is 0 Å². The zero-order valence-corrected chi connectivity index (χ0v) is 13.5. The topological polar surface area (TPSA) is 91.8 Å². The fourth-order valence-electron chi connectivity index (χ4n) is 2.67. The normalized spacial score (nSPS) is 11.1. The predicted molar refractivity (Wildman–Crippen MR) is 86.1 cm³/mol. The van der Waals surface area contributed by atoms with E-state index in [1.165, 1.54) is 0 Å². The quantitative estimate of drug-likeness (QED) is 0.662. The lowest BCUT2D eigenvalue weighted by Crippen LogP contribution is -2.30. The Balaban J connectivity index is 2.20. The number of nitrogens with zero attached hydrogens (tertiary/aromatic N) is 2. The molecule has 0 atom stereocenters. The van der Waals surface area contributed by atoms with E-state index >= 15 is 0 Å². The predicted octanol–water partition coefficient (Wildman–Crippen LogP) is 0.147. The number of hydrogen-bond donors (Lipinski definition) is 3. The van der Waals surface area contributed by atoms with Gasteiger partial charge >= 0.3 is 0 Å². The van der Waals surface area contributed by atoms with Gasteiger partial charge < -0.3 is 10.6 Å². The SMILES string of the molecule is CNCCNC(=O)CCc1c(C)nc2c(c1C)c(=O)[nH]n2C. The summed E-state index contributed by atoms with van der Waals surface area (Å²) in [7, 11) is 3.61. The zero-order chi connectivity index (χ0) is 16.3. The number of likely N-dealkylation sites (N-methyl/N-ethyl adjacent to an activating group) is 1. The zero-order valence-electron chi connectivity index (χ0n) is 13.5. The van der Waals surface area contributed by atoms with Crippen LogP contribution in [-0.2, 0) is 18.3 Å². The average Bonchev–Trinajstić information content (AvgIpc) is 2.73. The Kier molecular flexibility index (Phi) is 4.97. The first kappa shape index (κ1) is 16.2. The number of carbonyl (C=O) groups excluding carboxylic acids is 1. The maximum Gasteiger partial charge on any atom is 0.273 e. The molecule has 0 saturated heterocycles. The summed E-state index contributed by atoms with van der Waals surface area (Å²) in [5.41, 5.74) is 3.27. The van der Waals surface area contributed by atoms with Gasteiger partial charge in [0.25, 0.3) is 5.56 Å². The van der Waals surface area contributed by atoms with Gasteiger partial charge in [-0.2, -0.15) is 0 Å². The highest BCUT2D eigenvalue weighted by Gasteiger charge is 2.15. The molecule has 0 saturated carbocycles. The number of pyridine rings is 1. The lowest BCUT2D eigenvalue weighted by molar-refractivity contribution is -0.121. The Labute approximate surface area is 129 Å². The second kappa shape index (κ2) is 6.74. The summed E-state index contributed by atoms with van der Waals surface area (Å²) >= 11 is 0. The number of aromatic amines is 1. The molecule has 0 aliphatic rings. The van der Waals surface area contributed by atoms with E-state index in [0.29, 0.717) is 30.4 Å². The first-order chi connectivity index (χ1) is 10.5. The van der Waals surface area contributed by atoms with Gasteiger partial charge in [0.05, 0.1) is 5.39 Å². The van der Waals surface area contributed by atoms with Crippen LogP contribution in [0.2, 0.25) is 0 Å². The van der Waals surface area contributed by atoms with Crippen molar-refractivity contribution in [3.05, 3.63) is 27.2 Å². The van der Waals surface area contributed by atoms with Gasteiger partial charge in [0, 0.05) is 32.3 Å². The van der Waals surface area contributed by atoms with Crippen LogP contribution in [0.5, 0.6) is 0 Å². The minimum absolute atomic E-state index is 0.0103. The van der Waals surface area contributed by atoms with Crippen molar-refractivity contribution >= 4 is 16.9 Å². The first-order valence-electron chi connectivity index (χ1n) is 7.41. The lowest BCUT2D eigenvalue weighted by Gasteiger charge is -2.10. The smallest absolute Gasteiger partial charge is 0.273 e. The van der Waals surface area contributed by atoms with Crippen molar-refractivity contribution in [3.63, 3.8) is 0 Å². The fourth-order valence-corrected chi connectivity index (χ4v) is 2.67. The van der Waals surface area contributed by atoms with Crippen molar-refractivity contribution in [1.82, 2.24) is 25.4 Å². The maximum absolute atomic E-state index is 12.0. The van der Waals surface area contributed by atoms with E-state index in [1.54, 1.807) is 11.7 Å². The van der Waals surface area contributed by atoms with Crippen LogP contribution >= 0.6 is 0 Å². The van der Waals surface area contributed by atoms with Crippen molar-refractivity contribution < 1.29 is 4.79 Å². The number of fused-ring (bicyclic) bond motifs is 1. The van der Waals surface area contributed by atoms with E-state index in [-0.39, 0.29) is 11.5 Å². The van der Waals surface area contributed by atoms with E-state index in [2.05, 4.69) is 20.7 Å². The Morgan fingerprint density at radius 1 is 1.32 bits per heavy atom. The van der Waals surface area contributed by atoms with Gasteiger partial charge in [0.15, 0.2) is 5.65 Å². The molecule has 0 fully saturated rings. The molecule has 2 aromatic rings. The Hall–Kier alpha value is -2.15. The second-order valence-corrected chi connectivity index (χ2v) is 5.45. The number of nitrogens with one attached hydrogen (secondary N) is 3. The van der Waals surface area contributed by atoms with Gasteiger partial charge in [-0.05, 0) is 38.4 Å². The van der Waals surface area contributed by atoms with Crippen LogP contribution in [0.25, 0.3) is 11.0 Å². The molecule has 0 aliphatic carbocycles. The fraction of sp³-hybridized carbons (Fsp3) is 0.533. The molecule has 0 radical (unpaired) electrons. The summed E-state index contributed by atoms with van der Waals surface area (Å²) in [5.74, 6) is 0.0103. The van der Waals surface area contributed by atoms with Crippen LogP contribution in [0.15, 0.2) is 4.79 Å².